The summed E-state index contributed by atoms with van der Waals surface area (Å²) in [5.74, 6) is 1.31. The van der Waals surface area contributed by atoms with E-state index in [-0.39, 0.29) is 5.91 Å². The molecule has 0 aliphatic heterocycles. The third-order valence-electron chi connectivity index (χ3n) is 4.08. The molecule has 2 aromatic heterocycles. The second kappa shape index (κ2) is 10.6. The minimum absolute atomic E-state index is 0.206. The van der Waals surface area contributed by atoms with Gasteiger partial charge in [-0.15, -0.1) is 11.3 Å². The van der Waals surface area contributed by atoms with E-state index in [1.807, 2.05) is 38.4 Å². The van der Waals surface area contributed by atoms with Crippen molar-refractivity contribution in [2.24, 2.45) is 0 Å². The third kappa shape index (κ3) is 5.29. The van der Waals surface area contributed by atoms with Crippen molar-refractivity contribution in [2.75, 3.05) is 26.4 Å². The number of amides is 1. The monoisotopic (exact) mass is 430 g/mol. The Balaban J connectivity index is 1.67. The molecule has 0 aliphatic carbocycles. The number of hydrogen-bond donors (Lipinski definition) is 1. The zero-order valence-corrected chi connectivity index (χ0v) is 18.2. The summed E-state index contributed by atoms with van der Waals surface area (Å²) in [6.07, 6.45) is 4.19. The predicted molar refractivity (Wildman–Crippen MR) is 115 cm³/mol. The van der Waals surface area contributed by atoms with Crippen molar-refractivity contribution in [3.63, 3.8) is 0 Å². The number of thiazole rings is 1. The van der Waals surface area contributed by atoms with Gasteiger partial charge in [0.05, 0.1) is 25.5 Å². The predicted octanol–water partition coefficient (Wildman–Crippen LogP) is 3.50. The Morgan fingerprint density at radius 2 is 1.80 bits per heavy atom. The van der Waals surface area contributed by atoms with Gasteiger partial charge in [-0.05, 0) is 39.0 Å². The molecule has 3 rings (SSSR count). The number of aromatic nitrogens is 3. The molecule has 0 atom stereocenters. The van der Waals surface area contributed by atoms with Crippen LogP contribution in [0, 0.1) is 0 Å². The van der Waals surface area contributed by atoms with Crippen molar-refractivity contribution in [1.82, 2.24) is 20.1 Å². The van der Waals surface area contributed by atoms with E-state index in [9.17, 15) is 4.79 Å². The van der Waals surface area contributed by atoms with Crippen LogP contribution in [0.5, 0.6) is 17.2 Å². The van der Waals surface area contributed by atoms with Crippen LogP contribution in [-0.2, 0) is 6.42 Å². The van der Waals surface area contributed by atoms with Gasteiger partial charge in [-0.3, -0.25) is 4.79 Å². The number of benzene rings is 1. The van der Waals surface area contributed by atoms with E-state index in [0.29, 0.717) is 55.6 Å². The highest BCUT2D eigenvalue weighted by atomic mass is 32.1. The summed E-state index contributed by atoms with van der Waals surface area (Å²) in [6.45, 7) is 7.51. The molecule has 0 aliphatic rings. The second-order valence-corrected chi connectivity index (χ2v) is 7.02. The third-order valence-corrected chi connectivity index (χ3v) is 4.96. The first kappa shape index (κ1) is 21.6. The van der Waals surface area contributed by atoms with Crippen LogP contribution in [0.15, 0.2) is 36.0 Å². The minimum atomic E-state index is -0.206. The molecule has 0 saturated heterocycles. The fourth-order valence-corrected chi connectivity index (χ4v) is 3.62. The summed E-state index contributed by atoms with van der Waals surface area (Å²) in [5.41, 5.74) is 1.36. The molecule has 0 radical (unpaired) electrons. The van der Waals surface area contributed by atoms with E-state index in [2.05, 4.69) is 15.4 Å². The number of hydrogen-bond acceptors (Lipinski definition) is 7. The molecule has 0 spiro atoms. The normalized spacial score (nSPS) is 10.6. The lowest BCUT2D eigenvalue weighted by atomic mass is 10.1. The van der Waals surface area contributed by atoms with Gasteiger partial charge in [-0.2, -0.15) is 5.10 Å². The number of ether oxygens (including phenoxy) is 3. The van der Waals surface area contributed by atoms with Gasteiger partial charge >= 0.3 is 0 Å². The van der Waals surface area contributed by atoms with E-state index in [1.54, 1.807) is 23.0 Å². The van der Waals surface area contributed by atoms with Crippen molar-refractivity contribution in [3.8, 4) is 22.4 Å². The number of nitrogens with zero attached hydrogens (tertiary/aromatic N) is 3. The van der Waals surface area contributed by atoms with E-state index in [1.165, 1.54) is 11.3 Å². The van der Waals surface area contributed by atoms with Crippen molar-refractivity contribution in [3.05, 3.63) is 47.2 Å². The van der Waals surface area contributed by atoms with Gasteiger partial charge in [0.1, 0.15) is 0 Å². The highest BCUT2D eigenvalue weighted by molar-refractivity contribution is 7.12. The maximum Gasteiger partial charge on any atom is 0.251 e. The standard InChI is InChI=1S/C21H26N4O4S/c1-4-27-17-12-15(13-18(28-5-2)19(17)29-6-3)20(26)22-10-8-16-14-30-21(24-16)25-11-7-9-23-25/h7,9,11-14H,4-6,8,10H2,1-3H3,(H,22,26). The summed E-state index contributed by atoms with van der Waals surface area (Å²) in [6, 6.07) is 5.22. The molecule has 0 saturated carbocycles. The van der Waals surface area contributed by atoms with Gasteiger partial charge in [0.15, 0.2) is 11.5 Å². The first-order valence-electron chi connectivity index (χ1n) is 9.95. The molecule has 0 fully saturated rings. The number of rotatable bonds is 11. The molecule has 1 N–H and O–H groups in total. The van der Waals surface area contributed by atoms with E-state index in [0.717, 1.165) is 10.8 Å². The Kier molecular flexibility index (Phi) is 7.67. The number of nitrogens with one attached hydrogen (secondary N) is 1. The first-order valence-corrected chi connectivity index (χ1v) is 10.8. The zero-order chi connectivity index (χ0) is 21.3. The lowest BCUT2D eigenvalue weighted by Crippen LogP contribution is -2.26. The van der Waals surface area contributed by atoms with E-state index < -0.39 is 0 Å². The quantitative estimate of drug-likeness (QED) is 0.501. The Bertz CT molecular complexity index is 929. The van der Waals surface area contributed by atoms with Crippen LogP contribution in [0.3, 0.4) is 0 Å². The molecule has 30 heavy (non-hydrogen) atoms. The summed E-state index contributed by atoms with van der Waals surface area (Å²) >= 11 is 1.51. The molecular weight excluding hydrogens is 404 g/mol. The topological polar surface area (TPSA) is 87.5 Å². The average molecular weight is 431 g/mol. The summed E-state index contributed by atoms with van der Waals surface area (Å²) in [4.78, 5) is 17.3. The van der Waals surface area contributed by atoms with Crippen LogP contribution in [0.1, 0.15) is 36.8 Å². The molecule has 0 unspecified atom stereocenters. The van der Waals surface area contributed by atoms with Gasteiger partial charge in [-0.1, -0.05) is 0 Å². The van der Waals surface area contributed by atoms with Crippen LogP contribution in [0.25, 0.3) is 5.13 Å². The number of carbonyl (C=O) groups excluding carboxylic acids is 1. The largest absolute Gasteiger partial charge is 0.490 e. The fraction of sp³-hybridized carbons (Fsp3) is 0.381. The average Bonchev–Trinajstić information content (AvgIpc) is 3.42. The van der Waals surface area contributed by atoms with Gasteiger partial charge in [0.2, 0.25) is 10.9 Å². The summed E-state index contributed by atoms with van der Waals surface area (Å²) < 4.78 is 18.8. The molecule has 3 aromatic rings. The molecule has 8 nitrogen and oxygen atoms in total. The summed E-state index contributed by atoms with van der Waals surface area (Å²) in [7, 11) is 0. The van der Waals surface area contributed by atoms with Crippen LogP contribution < -0.4 is 19.5 Å². The van der Waals surface area contributed by atoms with Crippen molar-refractivity contribution in [2.45, 2.75) is 27.2 Å². The lowest BCUT2D eigenvalue weighted by molar-refractivity contribution is 0.0953. The SMILES string of the molecule is CCOc1cc(C(=O)NCCc2csc(-n3cccn3)n2)cc(OCC)c1OCC. The Morgan fingerprint density at radius 3 is 2.40 bits per heavy atom. The molecular formula is C21H26N4O4S. The van der Waals surface area contributed by atoms with Gasteiger partial charge in [0, 0.05) is 36.3 Å². The molecule has 2 heterocycles. The Labute approximate surface area is 179 Å². The highest BCUT2D eigenvalue weighted by Crippen LogP contribution is 2.39. The van der Waals surface area contributed by atoms with Crippen molar-refractivity contribution in [1.29, 1.82) is 0 Å². The molecule has 1 aromatic carbocycles. The second-order valence-electron chi connectivity index (χ2n) is 6.18. The van der Waals surface area contributed by atoms with Crippen LogP contribution in [0.2, 0.25) is 0 Å². The van der Waals surface area contributed by atoms with E-state index in [4.69, 9.17) is 14.2 Å². The van der Waals surface area contributed by atoms with Gasteiger partial charge < -0.3 is 19.5 Å². The van der Waals surface area contributed by atoms with Crippen LogP contribution >= 0.6 is 11.3 Å². The number of carbonyl (C=O) groups is 1. The molecule has 1 amide bonds. The van der Waals surface area contributed by atoms with E-state index >= 15 is 0 Å². The Hall–Kier alpha value is -3.07. The maximum absolute atomic E-state index is 12.7. The smallest absolute Gasteiger partial charge is 0.251 e. The molecule has 160 valence electrons. The van der Waals surface area contributed by atoms with Gasteiger partial charge in [0.25, 0.3) is 5.91 Å². The highest BCUT2D eigenvalue weighted by Gasteiger charge is 2.18. The molecule has 9 heteroatoms. The minimum Gasteiger partial charge on any atom is -0.490 e. The first-order chi connectivity index (χ1) is 14.7. The molecule has 0 bridgehead atoms. The summed E-state index contributed by atoms with van der Waals surface area (Å²) in [5, 5.41) is 9.88. The Morgan fingerprint density at radius 1 is 1.10 bits per heavy atom. The zero-order valence-electron chi connectivity index (χ0n) is 17.4. The van der Waals surface area contributed by atoms with Crippen LogP contribution in [-0.4, -0.2) is 47.0 Å². The fourth-order valence-electron chi connectivity index (χ4n) is 2.82. The van der Waals surface area contributed by atoms with Crippen molar-refractivity contribution >= 4 is 17.2 Å². The lowest BCUT2D eigenvalue weighted by Gasteiger charge is -2.17. The van der Waals surface area contributed by atoms with Crippen LogP contribution in [0.4, 0.5) is 0 Å². The maximum atomic E-state index is 12.7. The van der Waals surface area contributed by atoms with Crippen molar-refractivity contribution < 1.29 is 19.0 Å². The van der Waals surface area contributed by atoms with Gasteiger partial charge in [-0.25, -0.2) is 9.67 Å².